The number of carbonyl (C=O) groups excluding carboxylic acids is 4. The number of hydrogen-bond acceptors (Lipinski definition) is 8. The Morgan fingerprint density at radius 3 is 2.63 bits per heavy atom. The number of hydrogen-bond donors (Lipinski definition) is 3. The van der Waals surface area contributed by atoms with Crippen molar-refractivity contribution in [3.63, 3.8) is 0 Å². The van der Waals surface area contributed by atoms with E-state index in [9.17, 15) is 27.6 Å². The van der Waals surface area contributed by atoms with Crippen molar-refractivity contribution >= 4 is 61.4 Å². The number of nitrogens with one attached hydrogen (secondary N) is 3. The van der Waals surface area contributed by atoms with E-state index >= 15 is 0 Å². The first-order valence-corrected chi connectivity index (χ1v) is 17.0. The molecule has 3 aliphatic rings. The molecule has 4 rings (SSSR count). The predicted molar refractivity (Wildman–Crippen MR) is 161 cm³/mol. The Bertz CT molecular complexity index is 1420. The molecule has 0 bridgehead atoms. The van der Waals surface area contributed by atoms with Crippen LogP contribution in [0.15, 0.2) is 33.8 Å². The van der Waals surface area contributed by atoms with E-state index in [0.717, 1.165) is 19.0 Å². The van der Waals surface area contributed by atoms with Gasteiger partial charge in [0.2, 0.25) is 11.8 Å². The van der Waals surface area contributed by atoms with Gasteiger partial charge in [-0.3, -0.25) is 14.4 Å². The fourth-order valence-electron chi connectivity index (χ4n) is 5.37. The van der Waals surface area contributed by atoms with Crippen LogP contribution in [0.1, 0.15) is 72.1 Å². The summed E-state index contributed by atoms with van der Waals surface area (Å²) in [7, 11) is -4.34. The van der Waals surface area contributed by atoms with Gasteiger partial charge in [-0.2, -0.15) is 0 Å². The van der Waals surface area contributed by atoms with Crippen molar-refractivity contribution in [3.8, 4) is 0 Å². The zero-order valence-corrected chi connectivity index (χ0v) is 27.5. The van der Waals surface area contributed by atoms with Crippen LogP contribution >= 0.6 is 27.5 Å². The number of pyridine rings is 1. The van der Waals surface area contributed by atoms with Gasteiger partial charge in [-0.05, 0) is 81.3 Å². The Morgan fingerprint density at radius 2 is 1.93 bits per heavy atom. The predicted octanol–water partition coefficient (Wildman–Crippen LogP) is 3.58. The van der Waals surface area contributed by atoms with Crippen LogP contribution in [0.5, 0.6) is 0 Å². The Balaban J connectivity index is 1.57. The maximum absolute atomic E-state index is 13.7. The molecule has 4 amide bonds. The first-order valence-electron chi connectivity index (χ1n) is 14.3. The molecule has 1 aliphatic carbocycles. The summed E-state index contributed by atoms with van der Waals surface area (Å²) in [5, 5.41) is 5.54. The topological polar surface area (TPSA) is 164 Å². The summed E-state index contributed by atoms with van der Waals surface area (Å²) in [6, 6.07) is -0.540. The summed E-state index contributed by atoms with van der Waals surface area (Å²) in [6.07, 6.45) is 8.53. The first kappa shape index (κ1) is 33.2. The van der Waals surface area contributed by atoms with Gasteiger partial charge in [0.15, 0.2) is 0 Å². The normalized spacial score (nSPS) is 27.5. The molecule has 0 radical (unpaired) electrons. The van der Waals surface area contributed by atoms with Gasteiger partial charge in [-0.25, -0.2) is 22.9 Å². The number of aromatic nitrogens is 1. The molecule has 4 atom stereocenters. The third kappa shape index (κ3) is 8.07. The molecule has 1 saturated heterocycles. The van der Waals surface area contributed by atoms with Crippen LogP contribution in [0, 0.1) is 5.92 Å². The van der Waals surface area contributed by atoms with Crippen molar-refractivity contribution in [1.82, 2.24) is 25.2 Å². The largest absolute Gasteiger partial charge is 0.444 e. The van der Waals surface area contributed by atoms with Crippen molar-refractivity contribution in [3.05, 3.63) is 34.0 Å². The molecule has 1 unspecified atom stereocenters. The van der Waals surface area contributed by atoms with Crippen molar-refractivity contribution in [2.45, 2.75) is 100 Å². The molecule has 1 aromatic rings. The number of alkyl carbamates (subject to hydrolysis) is 1. The maximum Gasteiger partial charge on any atom is 0.408 e. The Morgan fingerprint density at radius 1 is 1.19 bits per heavy atom. The first-order chi connectivity index (χ1) is 20.1. The molecule has 1 saturated carbocycles. The molecule has 3 heterocycles. The van der Waals surface area contributed by atoms with E-state index in [1.54, 1.807) is 20.8 Å². The van der Waals surface area contributed by atoms with E-state index in [1.165, 1.54) is 11.0 Å². The van der Waals surface area contributed by atoms with Gasteiger partial charge in [0.1, 0.15) is 33.3 Å². The van der Waals surface area contributed by atoms with E-state index < -0.39 is 63.0 Å². The number of carbonyl (C=O) groups is 4. The number of rotatable bonds is 4. The summed E-state index contributed by atoms with van der Waals surface area (Å²) in [6.45, 7) is 5.49. The van der Waals surface area contributed by atoms with Gasteiger partial charge in [0.25, 0.3) is 15.9 Å². The Kier molecular flexibility index (Phi) is 10.1. The van der Waals surface area contributed by atoms with Crippen LogP contribution in [0.25, 0.3) is 0 Å². The molecular weight excluding hydrogens is 666 g/mol. The van der Waals surface area contributed by atoms with Gasteiger partial charge in [0.05, 0.1) is 4.47 Å². The van der Waals surface area contributed by atoms with Crippen LogP contribution in [-0.2, 0) is 29.1 Å². The zero-order valence-electron chi connectivity index (χ0n) is 24.3. The highest BCUT2D eigenvalue weighted by molar-refractivity contribution is 9.10. The van der Waals surface area contributed by atoms with Crippen LogP contribution in [0.4, 0.5) is 4.79 Å². The average Bonchev–Trinajstić information content (AvgIpc) is 3.36. The monoisotopic (exact) mass is 701 g/mol. The lowest BCUT2D eigenvalue weighted by molar-refractivity contribution is -0.141. The smallest absolute Gasteiger partial charge is 0.408 e. The van der Waals surface area contributed by atoms with E-state index in [0.29, 0.717) is 38.6 Å². The second-order valence-corrected chi connectivity index (χ2v) is 15.0. The number of halogens is 2. The van der Waals surface area contributed by atoms with Crippen molar-refractivity contribution in [2.24, 2.45) is 5.92 Å². The number of ether oxygens (including phenoxy) is 1. The van der Waals surface area contributed by atoms with E-state index in [2.05, 4.69) is 36.3 Å². The fourth-order valence-corrected chi connectivity index (χ4v) is 6.98. The number of amides is 4. The van der Waals surface area contributed by atoms with Crippen LogP contribution in [0.2, 0.25) is 5.15 Å². The third-order valence-electron chi connectivity index (χ3n) is 7.63. The molecule has 15 heteroatoms. The number of allylic oxidation sites excluding steroid dienone is 1. The molecule has 12 nitrogen and oxygen atoms in total. The number of nitrogens with zero attached hydrogens (tertiary/aromatic N) is 2. The lowest BCUT2D eigenvalue weighted by Crippen LogP contribution is -2.58. The van der Waals surface area contributed by atoms with Crippen molar-refractivity contribution < 1.29 is 32.3 Å². The van der Waals surface area contributed by atoms with E-state index in [-0.39, 0.29) is 20.9 Å². The van der Waals surface area contributed by atoms with Gasteiger partial charge in [-0.1, -0.05) is 36.6 Å². The van der Waals surface area contributed by atoms with Crippen molar-refractivity contribution in [1.29, 1.82) is 0 Å². The van der Waals surface area contributed by atoms with Gasteiger partial charge in [0, 0.05) is 18.7 Å². The highest BCUT2D eigenvalue weighted by Gasteiger charge is 2.61. The summed E-state index contributed by atoms with van der Waals surface area (Å²) in [5.74, 6) is -2.27. The summed E-state index contributed by atoms with van der Waals surface area (Å²) in [4.78, 5) is 58.4. The molecule has 2 fully saturated rings. The minimum atomic E-state index is -4.34. The summed E-state index contributed by atoms with van der Waals surface area (Å²) in [5.41, 5.74) is -2.26. The van der Waals surface area contributed by atoms with E-state index in [1.807, 2.05) is 12.2 Å². The van der Waals surface area contributed by atoms with Gasteiger partial charge < -0.3 is 20.3 Å². The zero-order chi connectivity index (χ0) is 31.6. The second kappa shape index (κ2) is 13.1. The number of fused-ring (bicyclic) bond motifs is 2. The Labute approximate surface area is 264 Å². The maximum atomic E-state index is 13.7. The van der Waals surface area contributed by atoms with Crippen LogP contribution in [-0.4, -0.2) is 71.9 Å². The highest BCUT2D eigenvalue weighted by Crippen LogP contribution is 2.46. The minimum absolute atomic E-state index is 0.0598. The van der Waals surface area contributed by atoms with Crippen LogP contribution in [0.3, 0.4) is 0 Å². The van der Waals surface area contributed by atoms with Gasteiger partial charge in [-0.15, -0.1) is 0 Å². The van der Waals surface area contributed by atoms with Crippen LogP contribution < -0.4 is 15.4 Å². The highest BCUT2D eigenvalue weighted by atomic mass is 79.9. The summed E-state index contributed by atoms with van der Waals surface area (Å²) >= 11 is 9.02. The number of sulfonamides is 1. The molecule has 43 heavy (non-hydrogen) atoms. The molecule has 2 aliphatic heterocycles. The lowest BCUT2D eigenvalue weighted by atomic mass is 10.0. The van der Waals surface area contributed by atoms with Gasteiger partial charge >= 0.3 is 6.09 Å². The minimum Gasteiger partial charge on any atom is -0.444 e. The molecular formula is C28H37BrClN5O7S. The lowest BCUT2D eigenvalue weighted by Gasteiger charge is -2.30. The molecule has 236 valence electrons. The molecule has 0 aromatic carbocycles. The standard InChI is InChI=1S/C28H37BrClN5O7S/c1-27(2,3)42-26(39)32-20-11-8-6-4-5-7-10-17-15-28(17,33-23(36)21-12-9-13-35(21)24(20)37)25(38)34-43(40,41)18-14-19(29)22(30)31-16-18/h7,10,14,16-17,20-21H,4-6,8-9,11-13,15H2,1-3H3,(H,32,39)(H,33,36)(H,34,38)/b10-7-/t17-,20+,21?,28-/m1/s1. The molecule has 1 aromatic heterocycles. The SMILES string of the molecule is CC(C)(C)OC(=O)N[C@H]1CCCCC/C=C\[C@@H]2C[C@@]2(C(=O)NS(=O)(=O)c2cnc(Cl)c(Br)c2)NC(=O)C2CCCN2C1=O. The summed E-state index contributed by atoms with van der Waals surface area (Å²) < 4.78 is 33.8. The average molecular weight is 703 g/mol. The molecule has 3 N–H and O–H groups in total. The van der Waals surface area contributed by atoms with E-state index in [4.69, 9.17) is 16.3 Å². The fraction of sp³-hybridized carbons (Fsp3) is 0.607. The third-order valence-corrected chi connectivity index (χ3v) is 10.1. The molecule has 0 spiro atoms. The second-order valence-electron chi connectivity index (χ2n) is 12.1. The van der Waals surface area contributed by atoms with Crippen molar-refractivity contribution in [2.75, 3.05) is 6.54 Å². The Hall–Kier alpha value is -2.71. The quantitative estimate of drug-likeness (QED) is 0.317.